The highest BCUT2D eigenvalue weighted by atomic mass is 32.2. The molecule has 110 valence electrons. The second-order valence-corrected chi connectivity index (χ2v) is 6.68. The number of carbonyl (C=O) groups is 1. The lowest BCUT2D eigenvalue weighted by Gasteiger charge is -2.15. The van der Waals surface area contributed by atoms with Crippen LogP contribution in [0.4, 0.5) is 0 Å². The lowest BCUT2D eigenvalue weighted by atomic mass is 10.1. The highest BCUT2D eigenvalue weighted by molar-refractivity contribution is 8.00. The van der Waals surface area contributed by atoms with Crippen molar-refractivity contribution >= 4 is 17.7 Å². The van der Waals surface area contributed by atoms with Gasteiger partial charge >= 0.3 is 0 Å². The molecule has 1 saturated heterocycles. The smallest absolute Gasteiger partial charge is 0.235 e. The fourth-order valence-corrected chi connectivity index (χ4v) is 3.59. The van der Waals surface area contributed by atoms with Gasteiger partial charge in [-0.2, -0.15) is 0 Å². The number of hydrogen-bond acceptors (Lipinski definition) is 3. The molecule has 20 heavy (non-hydrogen) atoms. The summed E-state index contributed by atoms with van der Waals surface area (Å²) in [5.74, 6) is 0.262. The molecule has 0 spiro atoms. The third-order valence-corrected chi connectivity index (χ3v) is 4.96. The number of thioether (sulfide) groups is 1. The first kappa shape index (κ1) is 15.4. The largest absolute Gasteiger partial charge is 0.345 e. The van der Waals surface area contributed by atoms with Crippen molar-refractivity contribution in [3.05, 3.63) is 29.8 Å². The fraction of sp³-hybridized carbons (Fsp3) is 0.562. The Labute approximate surface area is 126 Å². The number of nitrogens with zero attached hydrogens (tertiary/aromatic N) is 1. The summed E-state index contributed by atoms with van der Waals surface area (Å²) in [6.45, 7) is 6.28. The zero-order valence-corrected chi connectivity index (χ0v) is 13.4. The van der Waals surface area contributed by atoms with E-state index in [9.17, 15) is 4.79 Å². The van der Waals surface area contributed by atoms with Crippen LogP contribution in [-0.4, -0.2) is 36.2 Å². The summed E-state index contributed by atoms with van der Waals surface area (Å²) in [6.07, 6.45) is 2.09. The number of rotatable bonds is 6. The van der Waals surface area contributed by atoms with Crippen molar-refractivity contribution in [3.8, 4) is 0 Å². The molecule has 0 aliphatic carbocycles. The van der Waals surface area contributed by atoms with E-state index in [1.807, 2.05) is 11.9 Å². The minimum atomic E-state index is 0.0918. The normalized spacial score (nSPS) is 20.4. The molecular weight excluding hydrogens is 268 g/mol. The third kappa shape index (κ3) is 3.76. The van der Waals surface area contributed by atoms with E-state index < -0.39 is 0 Å². The molecule has 4 heteroatoms. The summed E-state index contributed by atoms with van der Waals surface area (Å²) in [5.41, 5.74) is 1.29. The first-order valence-corrected chi connectivity index (χ1v) is 8.24. The summed E-state index contributed by atoms with van der Waals surface area (Å²) in [4.78, 5) is 15.0. The van der Waals surface area contributed by atoms with Crippen LogP contribution in [0.15, 0.2) is 29.2 Å². The Morgan fingerprint density at radius 3 is 2.95 bits per heavy atom. The molecule has 3 nitrogen and oxygen atoms in total. The van der Waals surface area contributed by atoms with E-state index in [0.29, 0.717) is 6.04 Å². The monoisotopic (exact) mass is 292 g/mol. The molecule has 0 aromatic heterocycles. The van der Waals surface area contributed by atoms with Gasteiger partial charge in [-0.05, 0) is 44.0 Å². The van der Waals surface area contributed by atoms with Gasteiger partial charge in [-0.15, -0.1) is 11.8 Å². The highest BCUT2D eigenvalue weighted by Crippen LogP contribution is 2.31. The Balaban J connectivity index is 2.01. The van der Waals surface area contributed by atoms with Crippen LogP contribution in [0.3, 0.4) is 0 Å². The van der Waals surface area contributed by atoms with E-state index in [1.165, 1.54) is 10.5 Å². The number of hydrogen-bond donors (Lipinski definition) is 1. The minimum absolute atomic E-state index is 0.0918. The van der Waals surface area contributed by atoms with Crippen molar-refractivity contribution < 1.29 is 4.79 Å². The lowest BCUT2D eigenvalue weighted by Crippen LogP contribution is -2.23. The zero-order valence-electron chi connectivity index (χ0n) is 12.6. The van der Waals surface area contributed by atoms with E-state index in [1.54, 1.807) is 11.8 Å². The Morgan fingerprint density at radius 2 is 2.30 bits per heavy atom. The lowest BCUT2D eigenvalue weighted by molar-refractivity contribution is -0.126. The van der Waals surface area contributed by atoms with Crippen LogP contribution in [0.2, 0.25) is 0 Å². The maximum absolute atomic E-state index is 12.0. The number of likely N-dealkylation sites (tertiary alicyclic amines) is 1. The van der Waals surface area contributed by atoms with Crippen LogP contribution < -0.4 is 5.32 Å². The van der Waals surface area contributed by atoms with Crippen molar-refractivity contribution in [1.29, 1.82) is 0 Å². The quantitative estimate of drug-likeness (QED) is 0.874. The molecule has 2 atom stereocenters. The van der Waals surface area contributed by atoms with Crippen molar-refractivity contribution in [2.24, 2.45) is 0 Å². The average Bonchev–Trinajstić information content (AvgIpc) is 2.77. The molecule has 1 N–H and O–H groups in total. The van der Waals surface area contributed by atoms with Gasteiger partial charge in [0.25, 0.3) is 0 Å². The second kappa shape index (κ2) is 7.14. The number of nitrogens with one attached hydrogen (secondary N) is 1. The van der Waals surface area contributed by atoms with E-state index in [4.69, 9.17) is 0 Å². The van der Waals surface area contributed by atoms with Gasteiger partial charge in [0.2, 0.25) is 5.91 Å². The standard InChI is InChI=1S/C16H24N2OS/c1-4-9-17-12(2)13-6-5-7-14(11-13)20-15-8-10-18(3)16(15)19/h5-7,11-12,15,17H,4,8-10H2,1-3H3. The maximum Gasteiger partial charge on any atom is 0.235 e. The van der Waals surface area contributed by atoms with Gasteiger partial charge < -0.3 is 10.2 Å². The molecule has 0 saturated carbocycles. The molecule has 1 fully saturated rings. The van der Waals surface area contributed by atoms with Crippen LogP contribution in [0.1, 0.15) is 38.3 Å². The maximum atomic E-state index is 12.0. The Morgan fingerprint density at radius 1 is 1.50 bits per heavy atom. The van der Waals surface area contributed by atoms with Gasteiger partial charge in [0, 0.05) is 24.5 Å². The molecule has 1 aliphatic heterocycles. The van der Waals surface area contributed by atoms with Crippen molar-refractivity contribution in [2.45, 2.75) is 42.9 Å². The molecule has 1 aromatic carbocycles. The van der Waals surface area contributed by atoms with E-state index in [2.05, 4.69) is 43.4 Å². The van der Waals surface area contributed by atoms with Gasteiger partial charge in [-0.25, -0.2) is 0 Å². The van der Waals surface area contributed by atoms with E-state index in [0.717, 1.165) is 25.9 Å². The van der Waals surface area contributed by atoms with Crippen molar-refractivity contribution in [3.63, 3.8) is 0 Å². The zero-order chi connectivity index (χ0) is 14.5. The molecule has 2 unspecified atom stereocenters. The van der Waals surface area contributed by atoms with Gasteiger partial charge in [0.1, 0.15) is 0 Å². The second-order valence-electron chi connectivity index (χ2n) is 5.40. The topological polar surface area (TPSA) is 32.3 Å². The summed E-state index contributed by atoms with van der Waals surface area (Å²) in [7, 11) is 1.88. The van der Waals surface area contributed by atoms with E-state index >= 15 is 0 Å². The summed E-state index contributed by atoms with van der Waals surface area (Å²) in [5, 5.41) is 3.59. The molecular formula is C16H24N2OS. The van der Waals surface area contributed by atoms with Gasteiger partial charge in [-0.1, -0.05) is 19.1 Å². The van der Waals surface area contributed by atoms with Crippen LogP contribution in [0, 0.1) is 0 Å². The van der Waals surface area contributed by atoms with Crippen molar-refractivity contribution in [2.75, 3.05) is 20.1 Å². The number of benzene rings is 1. The molecule has 1 aliphatic rings. The first-order valence-electron chi connectivity index (χ1n) is 7.36. The van der Waals surface area contributed by atoms with Crippen molar-refractivity contribution in [1.82, 2.24) is 10.2 Å². The predicted octanol–water partition coefficient (Wildman–Crippen LogP) is 3.07. The first-order chi connectivity index (χ1) is 9.61. The summed E-state index contributed by atoms with van der Waals surface area (Å²) >= 11 is 1.70. The molecule has 0 radical (unpaired) electrons. The van der Waals surface area contributed by atoms with Crippen LogP contribution in [0.5, 0.6) is 0 Å². The summed E-state index contributed by atoms with van der Waals surface area (Å²) < 4.78 is 0. The number of carbonyl (C=O) groups excluding carboxylic acids is 1. The average molecular weight is 292 g/mol. The Hall–Kier alpha value is -1.00. The Bertz CT molecular complexity index is 464. The predicted molar refractivity (Wildman–Crippen MR) is 85.0 cm³/mol. The minimum Gasteiger partial charge on any atom is -0.345 e. The third-order valence-electron chi connectivity index (χ3n) is 3.72. The van der Waals surface area contributed by atoms with Gasteiger partial charge in [0.05, 0.1) is 5.25 Å². The summed E-state index contributed by atoms with van der Waals surface area (Å²) in [6, 6.07) is 8.92. The van der Waals surface area contributed by atoms with E-state index in [-0.39, 0.29) is 11.2 Å². The molecule has 2 rings (SSSR count). The fourth-order valence-electron chi connectivity index (χ4n) is 2.40. The Kier molecular flexibility index (Phi) is 5.49. The van der Waals surface area contributed by atoms with Crippen LogP contribution in [0.25, 0.3) is 0 Å². The van der Waals surface area contributed by atoms with Crippen LogP contribution in [-0.2, 0) is 4.79 Å². The SMILES string of the molecule is CCCNC(C)c1cccc(SC2CCN(C)C2=O)c1. The highest BCUT2D eigenvalue weighted by Gasteiger charge is 2.29. The van der Waals surface area contributed by atoms with Crippen LogP contribution >= 0.6 is 11.8 Å². The number of amides is 1. The molecule has 1 heterocycles. The molecule has 0 bridgehead atoms. The van der Waals surface area contributed by atoms with Gasteiger partial charge in [-0.3, -0.25) is 4.79 Å². The molecule has 1 aromatic rings. The van der Waals surface area contributed by atoms with Gasteiger partial charge in [0.15, 0.2) is 0 Å². The molecule has 1 amide bonds.